The Balaban J connectivity index is 1.69. The van der Waals surface area contributed by atoms with E-state index >= 15 is 0 Å². The molecule has 0 radical (unpaired) electrons. The van der Waals surface area contributed by atoms with E-state index in [1.54, 1.807) is 12.1 Å². The van der Waals surface area contributed by atoms with Gasteiger partial charge in [-0.3, -0.25) is 4.79 Å². The molecule has 150 valence electrons. The summed E-state index contributed by atoms with van der Waals surface area (Å²) < 4.78 is 25.7. The molecule has 7 heteroatoms. The van der Waals surface area contributed by atoms with E-state index in [-0.39, 0.29) is 22.9 Å². The first-order chi connectivity index (χ1) is 13.3. The molecule has 1 aliphatic rings. The molecule has 0 heterocycles. The summed E-state index contributed by atoms with van der Waals surface area (Å²) in [7, 11) is -0.566. The van der Waals surface area contributed by atoms with Gasteiger partial charge in [0, 0.05) is 31.8 Å². The number of nitrogens with one attached hydrogen (secondary N) is 1. The fourth-order valence-corrected chi connectivity index (χ4v) is 4.58. The zero-order valence-electron chi connectivity index (χ0n) is 16.6. The van der Waals surface area contributed by atoms with E-state index < -0.39 is 10.0 Å². The normalized spacial score (nSPS) is 17.8. The minimum absolute atomic E-state index is 0.137. The number of sulfonamides is 1. The van der Waals surface area contributed by atoms with Crippen molar-refractivity contribution in [1.82, 2.24) is 4.31 Å². The average Bonchev–Trinajstić information content (AvgIpc) is 2.68. The maximum Gasteiger partial charge on any atom is 0.282 e. The first kappa shape index (κ1) is 20.5. The molecule has 0 saturated carbocycles. The van der Waals surface area contributed by atoms with Crippen LogP contribution in [0.5, 0.6) is 0 Å². The van der Waals surface area contributed by atoms with Crippen LogP contribution in [0.1, 0.15) is 36.9 Å². The fourth-order valence-electron chi connectivity index (χ4n) is 3.63. The Labute approximate surface area is 167 Å². The Bertz CT molecular complexity index is 957. The van der Waals surface area contributed by atoms with Crippen molar-refractivity contribution in [3.05, 3.63) is 59.7 Å². The molecule has 1 aliphatic carbocycles. The molecule has 2 atom stereocenters. The molecule has 2 aromatic carbocycles. The van der Waals surface area contributed by atoms with E-state index in [1.165, 1.54) is 37.4 Å². The van der Waals surface area contributed by atoms with Crippen LogP contribution in [0.25, 0.3) is 0 Å². The number of hydrogen-bond donors (Lipinski definition) is 2. The van der Waals surface area contributed by atoms with Crippen LogP contribution in [-0.2, 0) is 21.2 Å². The Hall–Kier alpha value is -2.22. The number of benzene rings is 2. The van der Waals surface area contributed by atoms with Gasteiger partial charge in [0.05, 0.1) is 4.90 Å². The van der Waals surface area contributed by atoms with E-state index in [4.69, 9.17) is 0 Å². The molecule has 0 bridgehead atoms. The number of carbonyl (C=O) groups excluding carboxylic acids is 1. The third-order valence-electron chi connectivity index (χ3n) is 5.23. The number of amides is 1. The highest BCUT2D eigenvalue weighted by Crippen LogP contribution is 2.26. The summed E-state index contributed by atoms with van der Waals surface area (Å²) >= 11 is 0. The van der Waals surface area contributed by atoms with Crippen molar-refractivity contribution in [3.63, 3.8) is 0 Å². The molecular formula is C21H28N3O3S+. The topological polar surface area (TPSA) is 83.1 Å². The largest absolute Gasteiger partial charge is 0.330 e. The monoisotopic (exact) mass is 402 g/mol. The number of carbonyl (C=O) groups is 1. The van der Waals surface area contributed by atoms with E-state index in [1.807, 2.05) is 13.0 Å². The second-order valence-electron chi connectivity index (χ2n) is 7.48. The molecule has 0 unspecified atom stereocenters. The highest BCUT2D eigenvalue weighted by atomic mass is 32.2. The molecule has 6 nitrogen and oxygen atoms in total. The van der Waals surface area contributed by atoms with Crippen molar-refractivity contribution < 1.29 is 18.5 Å². The van der Waals surface area contributed by atoms with E-state index in [0.717, 1.165) is 23.6 Å². The van der Waals surface area contributed by atoms with Gasteiger partial charge in [-0.05, 0) is 43.5 Å². The van der Waals surface area contributed by atoms with Gasteiger partial charge in [0.25, 0.3) is 5.91 Å². The average molecular weight is 403 g/mol. The van der Waals surface area contributed by atoms with E-state index in [9.17, 15) is 13.2 Å². The van der Waals surface area contributed by atoms with Crippen molar-refractivity contribution in [1.29, 1.82) is 0 Å². The smallest absolute Gasteiger partial charge is 0.282 e. The molecule has 3 N–H and O–H groups in total. The van der Waals surface area contributed by atoms with Gasteiger partial charge >= 0.3 is 0 Å². The zero-order chi connectivity index (χ0) is 20.3. The Morgan fingerprint density at radius 3 is 2.68 bits per heavy atom. The number of nitrogens with zero attached hydrogens (tertiary/aromatic N) is 1. The van der Waals surface area contributed by atoms with Crippen LogP contribution < -0.4 is 10.6 Å². The predicted molar refractivity (Wildman–Crippen MR) is 109 cm³/mol. The Morgan fingerprint density at radius 2 is 1.93 bits per heavy atom. The lowest BCUT2D eigenvalue weighted by molar-refractivity contribution is -0.714. The first-order valence-electron chi connectivity index (χ1n) is 9.55. The number of fused-ring (bicyclic) bond motifs is 1. The lowest BCUT2D eigenvalue weighted by atomic mass is 9.87. The number of hydrogen-bond acceptors (Lipinski definition) is 3. The molecule has 0 saturated heterocycles. The summed E-state index contributed by atoms with van der Waals surface area (Å²) in [4.78, 5) is 12.9. The van der Waals surface area contributed by atoms with Crippen molar-refractivity contribution in [2.75, 3.05) is 19.4 Å². The quantitative estimate of drug-likeness (QED) is 0.774. The molecule has 28 heavy (non-hydrogen) atoms. The fraction of sp³-hybridized carbons (Fsp3) is 0.381. The highest BCUT2D eigenvalue weighted by Gasteiger charge is 2.27. The van der Waals surface area contributed by atoms with Gasteiger partial charge in [0.2, 0.25) is 10.0 Å². The summed E-state index contributed by atoms with van der Waals surface area (Å²) in [5, 5.41) is 4.96. The summed E-state index contributed by atoms with van der Waals surface area (Å²) in [6.45, 7) is 1.88. The van der Waals surface area contributed by atoms with Crippen LogP contribution in [0, 0.1) is 0 Å². The molecule has 3 rings (SSSR count). The molecular weight excluding hydrogens is 374 g/mol. The van der Waals surface area contributed by atoms with Gasteiger partial charge in [-0.15, -0.1) is 0 Å². The van der Waals surface area contributed by atoms with Gasteiger partial charge < -0.3 is 10.6 Å². The highest BCUT2D eigenvalue weighted by molar-refractivity contribution is 7.89. The summed E-state index contributed by atoms with van der Waals surface area (Å²) in [6, 6.07) is 14.8. The van der Waals surface area contributed by atoms with Crippen molar-refractivity contribution in [3.8, 4) is 0 Å². The second kappa shape index (κ2) is 8.43. The van der Waals surface area contributed by atoms with Gasteiger partial charge in [0.15, 0.2) is 6.04 Å². The van der Waals surface area contributed by atoms with E-state index in [2.05, 4.69) is 28.8 Å². The summed E-state index contributed by atoms with van der Waals surface area (Å²) in [6.07, 6.45) is 3.26. The third kappa shape index (κ3) is 4.43. The van der Waals surface area contributed by atoms with Crippen LogP contribution in [0.4, 0.5) is 5.69 Å². The molecule has 1 amide bonds. The summed E-state index contributed by atoms with van der Waals surface area (Å²) in [5.74, 6) is -0.137. The number of nitrogens with two attached hydrogens (primary N) is 1. The van der Waals surface area contributed by atoms with Gasteiger partial charge in [0.1, 0.15) is 6.04 Å². The molecule has 0 spiro atoms. The summed E-state index contributed by atoms with van der Waals surface area (Å²) in [5.41, 5.74) is 3.16. The lowest BCUT2D eigenvalue weighted by Crippen LogP contribution is -2.92. The molecule has 2 aromatic rings. The van der Waals surface area contributed by atoms with Crippen molar-refractivity contribution in [2.45, 2.75) is 43.2 Å². The number of rotatable bonds is 6. The third-order valence-corrected chi connectivity index (χ3v) is 7.04. The van der Waals surface area contributed by atoms with Gasteiger partial charge in [-0.2, -0.15) is 0 Å². The Morgan fingerprint density at radius 1 is 1.18 bits per heavy atom. The molecule has 0 fully saturated rings. The maximum absolute atomic E-state index is 12.7. The minimum atomic E-state index is -3.54. The van der Waals surface area contributed by atoms with Crippen LogP contribution >= 0.6 is 0 Å². The van der Waals surface area contributed by atoms with E-state index in [0.29, 0.717) is 5.69 Å². The lowest BCUT2D eigenvalue weighted by Gasteiger charge is -2.26. The van der Waals surface area contributed by atoms with Crippen LogP contribution in [0.15, 0.2) is 53.4 Å². The van der Waals surface area contributed by atoms with Gasteiger partial charge in [-0.1, -0.05) is 30.3 Å². The van der Waals surface area contributed by atoms with Crippen LogP contribution in [0.2, 0.25) is 0 Å². The van der Waals surface area contributed by atoms with Gasteiger partial charge in [-0.25, -0.2) is 12.7 Å². The standard InChI is InChI=1S/C21H27N3O3S/c1-15(22-20-13-6-9-16-8-4-5-12-19(16)20)21(25)23-17-10-7-11-18(14-17)28(26,27)24(2)3/h4-5,7-8,10-12,14-15,20,22H,6,9,13H2,1-3H3,(H,23,25)/p+1/t15-,20+/m0/s1. The maximum atomic E-state index is 12.7. The first-order valence-corrected chi connectivity index (χ1v) is 11.0. The molecule has 0 aromatic heterocycles. The van der Waals surface area contributed by atoms with Crippen LogP contribution in [0.3, 0.4) is 0 Å². The minimum Gasteiger partial charge on any atom is -0.330 e. The number of aryl methyl sites for hydroxylation is 1. The predicted octanol–water partition coefficient (Wildman–Crippen LogP) is 1.90. The zero-order valence-corrected chi connectivity index (χ0v) is 17.4. The molecule has 0 aliphatic heterocycles. The van der Waals surface area contributed by atoms with Crippen molar-refractivity contribution >= 4 is 21.6 Å². The second-order valence-corrected chi connectivity index (χ2v) is 9.64. The SMILES string of the molecule is C[C@H]([NH2+][C@@H]1CCCc2ccccc21)C(=O)Nc1cccc(S(=O)(=O)N(C)C)c1. The number of quaternary nitrogens is 1. The van der Waals surface area contributed by atoms with Crippen LogP contribution in [-0.4, -0.2) is 38.8 Å². The Kier molecular flexibility index (Phi) is 6.17. The number of anilines is 1. The van der Waals surface area contributed by atoms with Crippen molar-refractivity contribution in [2.24, 2.45) is 0 Å².